The number of amides is 3. The molecule has 7 nitrogen and oxygen atoms in total. The van der Waals surface area contributed by atoms with E-state index in [9.17, 15) is 14.4 Å². The summed E-state index contributed by atoms with van der Waals surface area (Å²) in [6, 6.07) is 6.85. The van der Waals surface area contributed by atoms with Gasteiger partial charge < -0.3 is 21.7 Å². The summed E-state index contributed by atoms with van der Waals surface area (Å²) >= 11 is 0. The molecule has 150 valence electrons. The summed E-state index contributed by atoms with van der Waals surface area (Å²) in [4.78, 5) is 35.5. The molecule has 3 amide bonds. The Hall–Kier alpha value is -2.12. The number of primary amides is 1. The van der Waals surface area contributed by atoms with Crippen molar-refractivity contribution in [3.8, 4) is 0 Å². The standard InChI is InChI=1S/C19H28N4O3.ClH/c1-13(14-6-9-21-10-7-14)12-18(25)23-16-5-3-2-4-15(16)19(26)22-11-8-17(20)24;/h2-5,13-14,21H,6-12H2,1H3,(H2,20,24)(H,22,26)(H,23,25);1H. The zero-order valence-corrected chi connectivity index (χ0v) is 16.4. The van der Waals surface area contributed by atoms with E-state index in [1.807, 2.05) is 0 Å². The van der Waals surface area contributed by atoms with E-state index in [1.54, 1.807) is 24.3 Å². The lowest BCUT2D eigenvalue weighted by molar-refractivity contribution is -0.118. The molecule has 1 atom stereocenters. The van der Waals surface area contributed by atoms with Crippen LogP contribution in [-0.2, 0) is 9.59 Å². The average molecular weight is 397 g/mol. The minimum atomic E-state index is -0.473. The molecule has 1 aromatic carbocycles. The molecule has 5 N–H and O–H groups in total. The number of halogens is 1. The van der Waals surface area contributed by atoms with Crippen LogP contribution >= 0.6 is 12.4 Å². The molecular formula is C19H29ClN4O3. The molecule has 1 heterocycles. The number of carbonyl (C=O) groups is 3. The lowest BCUT2D eigenvalue weighted by Gasteiger charge is -2.28. The van der Waals surface area contributed by atoms with Gasteiger partial charge in [0, 0.05) is 19.4 Å². The van der Waals surface area contributed by atoms with E-state index in [2.05, 4.69) is 22.9 Å². The summed E-state index contributed by atoms with van der Waals surface area (Å²) in [6.45, 7) is 4.29. The minimum absolute atomic E-state index is 0. The molecule has 0 aromatic heterocycles. The van der Waals surface area contributed by atoms with Gasteiger partial charge in [-0.1, -0.05) is 19.1 Å². The number of carbonyl (C=O) groups excluding carboxylic acids is 3. The molecule has 8 heteroatoms. The van der Waals surface area contributed by atoms with Crippen molar-refractivity contribution in [1.82, 2.24) is 10.6 Å². The van der Waals surface area contributed by atoms with Crippen LogP contribution in [-0.4, -0.2) is 37.4 Å². The lowest BCUT2D eigenvalue weighted by atomic mass is 9.84. The van der Waals surface area contributed by atoms with E-state index >= 15 is 0 Å². The minimum Gasteiger partial charge on any atom is -0.370 e. The van der Waals surface area contributed by atoms with Crippen LogP contribution in [0.3, 0.4) is 0 Å². The van der Waals surface area contributed by atoms with Crippen molar-refractivity contribution in [2.45, 2.75) is 32.6 Å². The lowest BCUT2D eigenvalue weighted by Crippen LogP contribution is -2.32. The third-order valence-electron chi connectivity index (χ3n) is 4.80. The zero-order chi connectivity index (χ0) is 18.9. The average Bonchev–Trinajstić information content (AvgIpc) is 2.62. The second-order valence-corrected chi connectivity index (χ2v) is 6.83. The van der Waals surface area contributed by atoms with E-state index < -0.39 is 5.91 Å². The Bertz CT molecular complexity index is 648. The maximum absolute atomic E-state index is 12.4. The number of rotatable bonds is 8. The van der Waals surface area contributed by atoms with E-state index in [4.69, 9.17) is 5.73 Å². The molecule has 1 saturated heterocycles. The number of piperidine rings is 1. The molecule has 1 aliphatic rings. The number of hydrogen-bond donors (Lipinski definition) is 4. The van der Waals surface area contributed by atoms with Gasteiger partial charge in [0.15, 0.2) is 0 Å². The molecular weight excluding hydrogens is 368 g/mol. The molecule has 1 unspecified atom stereocenters. The monoisotopic (exact) mass is 396 g/mol. The predicted molar refractivity (Wildman–Crippen MR) is 108 cm³/mol. The van der Waals surface area contributed by atoms with Crippen LogP contribution in [0.15, 0.2) is 24.3 Å². The zero-order valence-electron chi connectivity index (χ0n) is 15.6. The first-order valence-corrected chi connectivity index (χ1v) is 9.13. The van der Waals surface area contributed by atoms with Crippen LogP contribution in [0, 0.1) is 11.8 Å². The highest BCUT2D eigenvalue weighted by atomic mass is 35.5. The van der Waals surface area contributed by atoms with Gasteiger partial charge in [-0.3, -0.25) is 14.4 Å². The largest absolute Gasteiger partial charge is 0.370 e. The summed E-state index contributed by atoms with van der Waals surface area (Å²) in [7, 11) is 0. The molecule has 27 heavy (non-hydrogen) atoms. The van der Waals surface area contributed by atoms with Gasteiger partial charge in [-0.15, -0.1) is 12.4 Å². The Labute approximate surface area is 166 Å². The molecule has 0 saturated carbocycles. The normalized spacial score (nSPS) is 15.3. The van der Waals surface area contributed by atoms with Crippen molar-refractivity contribution in [1.29, 1.82) is 0 Å². The topological polar surface area (TPSA) is 113 Å². The van der Waals surface area contributed by atoms with Crippen LogP contribution in [0.2, 0.25) is 0 Å². The van der Waals surface area contributed by atoms with Crippen molar-refractivity contribution < 1.29 is 14.4 Å². The third-order valence-corrected chi connectivity index (χ3v) is 4.80. The fraction of sp³-hybridized carbons (Fsp3) is 0.526. The van der Waals surface area contributed by atoms with E-state index in [0.29, 0.717) is 29.5 Å². The van der Waals surface area contributed by atoms with Gasteiger partial charge in [0.05, 0.1) is 11.3 Å². The van der Waals surface area contributed by atoms with Crippen LogP contribution in [0.1, 0.15) is 43.0 Å². The van der Waals surface area contributed by atoms with Gasteiger partial charge in [0.25, 0.3) is 5.91 Å². The Morgan fingerprint density at radius 2 is 1.89 bits per heavy atom. The Kier molecular flexibility index (Phi) is 9.82. The maximum atomic E-state index is 12.4. The van der Waals surface area contributed by atoms with E-state index in [1.165, 1.54) is 0 Å². The SMILES string of the molecule is CC(CC(=O)Nc1ccccc1C(=O)NCCC(N)=O)C1CCNCC1.Cl. The Morgan fingerprint density at radius 3 is 2.56 bits per heavy atom. The quantitative estimate of drug-likeness (QED) is 0.535. The summed E-state index contributed by atoms with van der Waals surface area (Å²) in [5.74, 6) is -0.0521. The number of nitrogens with one attached hydrogen (secondary N) is 3. The first-order chi connectivity index (χ1) is 12.5. The van der Waals surface area contributed by atoms with Crippen molar-refractivity contribution >= 4 is 35.8 Å². The van der Waals surface area contributed by atoms with Crippen molar-refractivity contribution in [2.24, 2.45) is 17.6 Å². The Balaban J connectivity index is 0.00000364. The molecule has 0 aliphatic carbocycles. The molecule has 2 rings (SSSR count). The molecule has 0 radical (unpaired) electrons. The van der Waals surface area contributed by atoms with Crippen LogP contribution in [0.25, 0.3) is 0 Å². The number of hydrogen-bond acceptors (Lipinski definition) is 4. The van der Waals surface area contributed by atoms with Gasteiger partial charge in [0.1, 0.15) is 0 Å². The second kappa shape index (κ2) is 11.6. The summed E-state index contributed by atoms with van der Waals surface area (Å²) in [6.07, 6.45) is 2.69. The van der Waals surface area contributed by atoms with E-state index in [0.717, 1.165) is 25.9 Å². The first-order valence-electron chi connectivity index (χ1n) is 9.13. The summed E-state index contributed by atoms with van der Waals surface area (Å²) in [5.41, 5.74) is 5.92. The highest BCUT2D eigenvalue weighted by Crippen LogP contribution is 2.25. The smallest absolute Gasteiger partial charge is 0.253 e. The van der Waals surface area contributed by atoms with Gasteiger partial charge in [-0.2, -0.15) is 0 Å². The van der Waals surface area contributed by atoms with Crippen molar-refractivity contribution in [3.63, 3.8) is 0 Å². The predicted octanol–water partition coefficient (Wildman–Crippen LogP) is 1.68. The van der Waals surface area contributed by atoms with Gasteiger partial charge >= 0.3 is 0 Å². The first kappa shape index (κ1) is 22.9. The highest BCUT2D eigenvalue weighted by Gasteiger charge is 2.22. The Morgan fingerprint density at radius 1 is 1.22 bits per heavy atom. The third kappa shape index (κ3) is 7.56. The number of benzene rings is 1. The molecule has 0 bridgehead atoms. The van der Waals surface area contributed by atoms with Gasteiger partial charge in [-0.05, 0) is 49.9 Å². The number of anilines is 1. The van der Waals surface area contributed by atoms with Crippen molar-refractivity contribution in [3.05, 3.63) is 29.8 Å². The maximum Gasteiger partial charge on any atom is 0.253 e. The fourth-order valence-electron chi connectivity index (χ4n) is 3.26. The molecule has 1 aromatic rings. The van der Waals surface area contributed by atoms with Crippen LogP contribution in [0.5, 0.6) is 0 Å². The summed E-state index contributed by atoms with van der Waals surface area (Å²) in [5, 5.41) is 8.82. The van der Waals surface area contributed by atoms with Crippen LogP contribution in [0.4, 0.5) is 5.69 Å². The number of para-hydroxylation sites is 1. The molecule has 1 fully saturated rings. The van der Waals surface area contributed by atoms with Gasteiger partial charge in [-0.25, -0.2) is 0 Å². The highest BCUT2D eigenvalue weighted by molar-refractivity contribution is 6.03. The fourth-order valence-corrected chi connectivity index (χ4v) is 3.26. The number of nitrogens with two attached hydrogens (primary N) is 1. The van der Waals surface area contributed by atoms with Crippen molar-refractivity contribution in [2.75, 3.05) is 25.0 Å². The van der Waals surface area contributed by atoms with E-state index in [-0.39, 0.29) is 37.2 Å². The molecule has 1 aliphatic heterocycles. The van der Waals surface area contributed by atoms with Gasteiger partial charge in [0.2, 0.25) is 11.8 Å². The molecule has 0 spiro atoms. The summed E-state index contributed by atoms with van der Waals surface area (Å²) < 4.78 is 0. The second-order valence-electron chi connectivity index (χ2n) is 6.83. The van der Waals surface area contributed by atoms with Crippen LogP contribution < -0.4 is 21.7 Å².